The van der Waals surface area contributed by atoms with E-state index >= 15 is 0 Å². The summed E-state index contributed by atoms with van der Waals surface area (Å²) in [5.74, 6) is 0.183. The summed E-state index contributed by atoms with van der Waals surface area (Å²) in [6, 6.07) is 13.1. The summed E-state index contributed by atoms with van der Waals surface area (Å²) in [6.07, 6.45) is 0. The Hall–Kier alpha value is -3.02. The highest BCUT2D eigenvalue weighted by Gasteiger charge is 2.13. The average molecular weight is 300 g/mol. The van der Waals surface area contributed by atoms with Gasteiger partial charge >= 0.3 is 12.0 Å². The van der Waals surface area contributed by atoms with Crippen molar-refractivity contribution < 1.29 is 19.1 Å². The van der Waals surface area contributed by atoms with Crippen LogP contribution in [0.3, 0.4) is 0 Å². The number of methoxy groups -OCH3 is 2. The number of urea groups is 1. The summed E-state index contributed by atoms with van der Waals surface area (Å²) in [7, 11) is 2.86. The van der Waals surface area contributed by atoms with Crippen LogP contribution >= 0.6 is 0 Å². The number of anilines is 2. The lowest BCUT2D eigenvalue weighted by Crippen LogP contribution is -2.21. The first-order chi connectivity index (χ1) is 10.6. The van der Waals surface area contributed by atoms with Crippen LogP contribution in [0, 0.1) is 0 Å². The fourth-order valence-electron chi connectivity index (χ4n) is 1.84. The first-order valence-corrected chi connectivity index (χ1v) is 6.53. The van der Waals surface area contributed by atoms with Crippen molar-refractivity contribution in [2.75, 3.05) is 24.9 Å². The van der Waals surface area contributed by atoms with Gasteiger partial charge in [-0.2, -0.15) is 0 Å². The van der Waals surface area contributed by atoms with Crippen LogP contribution in [0.1, 0.15) is 10.4 Å². The van der Waals surface area contributed by atoms with Crippen LogP contribution in [0.5, 0.6) is 5.75 Å². The summed E-state index contributed by atoms with van der Waals surface area (Å²) in [4.78, 5) is 23.6. The van der Waals surface area contributed by atoms with E-state index in [-0.39, 0.29) is 5.56 Å². The average Bonchev–Trinajstić information content (AvgIpc) is 2.55. The molecule has 0 aliphatic rings. The third kappa shape index (κ3) is 3.76. The largest absolute Gasteiger partial charge is 0.497 e. The molecule has 2 rings (SSSR count). The molecule has 0 fully saturated rings. The molecular formula is C16H16N2O4. The predicted molar refractivity (Wildman–Crippen MR) is 83.4 cm³/mol. The Morgan fingerprint density at radius 3 is 2.23 bits per heavy atom. The first-order valence-electron chi connectivity index (χ1n) is 6.53. The number of amides is 2. The minimum absolute atomic E-state index is 0.287. The van der Waals surface area contributed by atoms with E-state index in [1.165, 1.54) is 7.11 Å². The third-order valence-corrected chi connectivity index (χ3v) is 2.93. The first kappa shape index (κ1) is 15.4. The second-order valence-corrected chi connectivity index (χ2v) is 4.34. The van der Waals surface area contributed by atoms with Gasteiger partial charge in [-0.1, -0.05) is 12.1 Å². The van der Waals surface area contributed by atoms with Crippen molar-refractivity contribution in [3.05, 3.63) is 54.1 Å². The number of rotatable bonds is 4. The molecule has 2 amide bonds. The van der Waals surface area contributed by atoms with E-state index in [0.717, 1.165) is 0 Å². The van der Waals surface area contributed by atoms with Crippen LogP contribution in [0.25, 0.3) is 0 Å². The summed E-state index contributed by atoms with van der Waals surface area (Å²) >= 11 is 0. The smallest absolute Gasteiger partial charge is 0.339 e. The van der Waals surface area contributed by atoms with Crippen LogP contribution in [0.4, 0.5) is 16.2 Å². The second-order valence-electron chi connectivity index (χ2n) is 4.34. The number of carbonyl (C=O) groups is 2. The van der Waals surface area contributed by atoms with E-state index in [4.69, 9.17) is 4.74 Å². The zero-order valence-electron chi connectivity index (χ0n) is 12.3. The van der Waals surface area contributed by atoms with Crippen molar-refractivity contribution >= 4 is 23.4 Å². The van der Waals surface area contributed by atoms with E-state index in [0.29, 0.717) is 17.1 Å². The van der Waals surface area contributed by atoms with Crippen molar-refractivity contribution in [2.24, 2.45) is 0 Å². The number of hydrogen-bond acceptors (Lipinski definition) is 4. The zero-order chi connectivity index (χ0) is 15.9. The predicted octanol–water partition coefficient (Wildman–Crippen LogP) is 3.13. The van der Waals surface area contributed by atoms with E-state index in [1.54, 1.807) is 55.6 Å². The molecule has 6 heteroatoms. The van der Waals surface area contributed by atoms with Crippen molar-refractivity contribution in [1.29, 1.82) is 0 Å². The molecule has 2 aromatic rings. The maximum Gasteiger partial charge on any atom is 0.339 e. The minimum atomic E-state index is -0.514. The topological polar surface area (TPSA) is 76.7 Å². The molecule has 0 saturated carbocycles. The van der Waals surface area contributed by atoms with Gasteiger partial charge in [0.2, 0.25) is 0 Å². The quantitative estimate of drug-likeness (QED) is 0.850. The standard InChI is InChI=1S/C16H16N2O4/c1-21-12-9-7-11(8-10-12)17-16(20)18-14-6-4-3-5-13(14)15(19)22-2/h3-10H,1-2H3,(H2,17,18,20). The Kier molecular flexibility index (Phi) is 4.98. The zero-order valence-corrected chi connectivity index (χ0v) is 12.3. The molecule has 2 aromatic carbocycles. The lowest BCUT2D eigenvalue weighted by molar-refractivity contribution is 0.0602. The van der Waals surface area contributed by atoms with Crippen LogP contribution in [0.15, 0.2) is 48.5 Å². The lowest BCUT2D eigenvalue weighted by atomic mass is 10.2. The molecule has 0 bridgehead atoms. The Bertz CT molecular complexity index is 668. The highest BCUT2D eigenvalue weighted by Crippen LogP contribution is 2.18. The second kappa shape index (κ2) is 7.12. The number of nitrogens with one attached hydrogen (secondary N) is 2. The maximum absolute atomic E-state index is 12.0. The highest BCUT2D eigenvalue weighted by atomic mass is 16.5. The number of benzene rings is 2. The van der Waals surface area contributed by atoms with Crippen LogP contribution in [0.2, 0.25) is 0 Å². The lowest BCUT2D eigenvalue weighted by Gasteiger charge is -2.11. The minimum Gasteiger partial charge on any atom is -0.497 e. The molecule has 6 nitrogen and oxygen atoms in total. The van der Waals surface area contributed by atoms with Gasteiger partial charge in [0.15, 0.2) is 0 Å². The van der Waals surface area contributed by atoms with Crippen molar-refractivity contribution in [2.45, 2.75) is 0 Å². The van der Waals surface area contributed by atoms with E-state index in [1.807, 2.05) is 0 Å². The molecule has 22 heavy (non-hydrogen) atoms. The number of esters is 1. The Balaban J connectivity index is 2.07. The van der Waals surface area contributed by atoms with Gasteiger partial charge in [-0.15, -0.1) is 0 Å². The normalized spacial score (nSPS) is 9.73. The van der Waals surface area contributed by atoms with Gasteiger partial charge < -0.3 is 20.1 Å². The number of para-hydroxylation sites is 1. The number of carbonyl (C=O) groups excluding carboxylic acids is 2. The van der Waals surface area contributed by atoms with Gasteiger partial charge in [0.1, 0.15) is 5.75 Å². The Labute approximate surface area is 128 Å². The Morgan fingerprint density at radius 2 is 1.59 bits per heavy atom. The third-order valence-electron chi connectivity index (χ3n) is 2.93. The number of ether oxygens (including phenoxy) is 2. The van der Waals surface area contributed by atoms with E-state index in [9.17, 15) is 9.59 Å². The van der Waals surface area contributed by atoms with Crippen molar-refractivity contribution in [3.8, 4) is 5.75 Å². The van der Waals surface area contributed by atoms with Gasteiger partial charge in [0, 0.05) is 5.69 Å². The molecule has 0 heterocycles. The van der Waals surface area contributed by atoms with E-state index < -0.39 is 12.0 Å². The number of hydrogen-bond donors (Lipinski definition) is 2. The molecule has 0 aliphatic heterocycles. The van der Waals surface area contributed by atoms with Gasteiger partial charge in [-0.3, -0.25) is 0 Å². The summed E-state index contributed by atoms with van der Waals surface area (Å²) in [5, 5.41) is 5.29. The Morgan fingerprint density at radius 1 is 0.909 bits per heavy atom. The molecular weight excluding hydrogens is 284 g/mol. The molecule has 0 aliphatic carbocycles. The summed E-state index contributed by atoms with van der Waals surface area (Å²) in [5.41, 5.74) is 1.27. The van der Waals surface area contributed by atoms with Gasteiger partial charge in [0.25, 0.3) is 0 Å². The molecule has 114 valence electrons. The molecule has 0 aromatic heterocycles. The summed E-state index contributed by atoms with van der Waals surface area (Å²) in [6.45, 7) is 0. The fraction of sp³-hybridized carbons (Fsp3) is 0.125. The summed E-state index contributed by atoms with van der Waals surface area (Å²) < 4.78 is 9.72. The molecule has 0 atom stereocenters. The van der Waals surface area contributed by atoms with Crippen LogP contribution in [-0.4, -0.2) is 26.2 Å². The molecule has 0 radical (unpaired) electrons. The molecule has 2 N–H and O–H groups in total. The SMILES string of the molecule is COC(=O)c1ccccc1NC(=O)Nc1ccc(OC)cc1. The van der Waals surface area contributed by atoms with Crippen LogP contribution in [-0.2, 0) is 4.74 Å². The van der Waals surface area contributed by atoms with Gasteiger partial charge in [-0.25, -0.2) is 9.59 Å². The monoisotopic (exact) mass is 300 g/mol. The van der Waals surface area contributed by atoms with Gasteiger partial charge in [0.05, 0.1) is 25.5 Å². The molecule has 0 spiro atoms. The molecule has 0 saturated heterocycles. The highest BCUT2D eigenvalue weighted by molar-refractivity contribution is 6.05. The van der Waals surface area contributed by atoms with Crippen molar-refractivity contribution in [3.63, 3.8) is 0 Å². The fourth-order valence-corrected chi connectivity index (χ4v) is 1.84. The van der Waals surface area contributed by atoms with Crippen LogP contribution < -0.4 is 15.4 Å². The van der Waals surface area contributed by atoms with Crippen molar-refractivity contribution in [1.82, 2.24) is 0 Å². The maximum atomic E-state index is 12.0. The van der Waals surface area contributed by atoms with E-state index in [2.05, 4.69) is 15.4 Å². The van der Waals surface area contributed by atoms with Gasteiger partial charge in [-0.05, 0) is 36.4 Å². The molecule has 0 unspecified atom stereocenters.